The van der Waals surface area contributed by atoms with Crippen molar-refractivity contribution in [1.82, 2.24) is 4.72 Å². The summed E-state index contributed by atoms with van der Waals surface area (Å²) >= 11 is 5.71. The number of halogens is 3. The third-order valence-electron chi connectivity index (χ3n) is 2.56. The van der Waals surface area contributed by atoms with Crippen LogP contribution in [-0.2, 0) is 16.6 Å². The Kier molecular flexibility index (Phi) is 4.37. The third kappa shape index (κ3) is 3.53. The van der Waals surface area contributed by atoms with Crippen LogP contribution in [-0.4, -0.2) is 8.42 Å². The van der Waals surface area contributed by atoms with Crippen molar-refractivity contribution >= 4 is 21.6 Å². The van der Waals surface area contributed by atoms with Gasteiger partial charge in [0.25, 0.3) is 0 Å². The van der Waals surface area contributed by atoms with Gasteiger partial charge in [0, 0.05) is 11.6 Å². The van der Waals surface area contributed by atoms with Gasteiger partial charge in [0.05, 0.1) is 0 Å². The predicted molar refractivity (Wildman–Crippen MR) is 71.8 cm³/mol. The highest BCUT2D eigenvalue weighted by Gasteiger charge is 2.19. The van der Waals surface area contributed by atoms with Crippen molar-refractivity contribution in [1.29, 1.82) is 0 Å². The summed E-state index contributed by atoms with van der Waals surface area (Å²) in [5, 5.41) is 0.521. The highest BCUT2D eigenvalue weighted by molar-refractivity contribution is 7.89. The molecule has 0 spiro atoms. The summed E-state index contributed by atoms with van der Waals surface area (Å²) in [6, 6.07) is 8.74. The lowest BCUT2D eigenvalue weighted by Gasteiger charge is -2.08. The number of hydrogen-bond donors (Lipinski definition) is 1. The largest absolute Gasteiger partial charge is 0.243 e. The van der Waals surface area contributed by atoms with Gasteiger partial charge < -0.3 is 0 Å². The van der Waals surface area contributed by atoms with Crippen molar-refractivity contribution in [2.24, 2.45) is 0 Å². The van der Waals surface area contributed by atoms with E-state index in [9.17, 15) is 17.2 Å². The van der Waals surface area contributed by atoms with Crippen LogP contribution in [0, 0.1) is 11.6 Å². The van der Waals surface area contributed by atoms with E-state index in [1.54, 1.807) is 24.3 Å². The molecule has 106 valence electrons. The van der Waals surface area contributed by atoms with E-state index in [-0.39, 0.29) is 6.54 Å². The van der Waals surface area contributed by atoms with Gasteiger partial charge in [-0.1, -0.05) is 23.7 Å². The van der Waals surface area contributed by atoms with Gasteiger partial charge in [0.15, 0.2) is 0 Å². The average molecular weight is 318 g/mol. The van der Waals surface area contributed by atoms with E-state index in [2.05, 4.69) is 4.72 Å². The maximum atomic E-state index is 13.4. The first kappa shape index (κ1) is 14.9. The van der Waals surface area contributed by atoms with Gasteiger partial charge in [-0.3, -0.25) is 0 Å². The van der Waals surface area contributed by atoms with Crippen LogP contribution in [0.25, 0.3) is 0 Å². The number of sulfonamides is 1. The highest BCUT2D eigenvalue weighted by atomic mass is 35.5. The Morgan fingerprint density at radius 2 is 1.70 bits per heavy atom. The van der Waals surface area contributed by atoms with Crippen LogP contribution in [0.5, 0.6) is 0 Å². The molecule has 0 aliphatic rings. The van der Waals surface area contributed by atoms with Gasteiger partial charge in [-0.2, -0.15) is 0 Å². The van der Waals surface area contributed by atoms with E-state index < -0.39 is 26.6 Å². The summed E-state index contributed by atoms with van der Waals surface area (Å²) in [4.78, 5) is -0.716. The van der Waals surface area contributed by atoms with Crippen molar-refractivity contribution in [3.05, 3.63) is 64.7 Å². The summed E-state index contributed by atoms with van der Waals surface area (Å²) < 4.78 is 52.5. The second-order valence-electron chi connectivity index (χ2n) is 4.03. The van der Waals surface area contributed by atoms with E-state index >= 15 is 0 Å². The molecule has 0 fully saturated rings. The van der Waals surface area contributed by atoms with Crippen molar-refractivity contribution in [2.45, 2.75) is 11.4 Å². The quantitative estimate of drug-likeness (QED) is 0.942. The number of benzene rings is 2. The molecule has 3 nitrogen and oxygen atoms in total. The van der Waals surface area contributed by atoms with Gasteiger partial charge >= 0.3 is 0 Å². The predicted octanol–water partition coefficient (Wildman–Crippen LogP) is 3.10. The highest BCUT2D eigenvalue weighted by Crippen LogP contribution is 2.16. The summed E-state index contributed by atoms with van der Waals surface area (Å²) in [7, 11) is -4.12. The molecule has 0 atom stereocenters. The van der Waals surface area contributed by atoms with Crippen LogP contribution in [0.15, 0.2) is 47.4 Å². The first-order valence-corrected chi connectivity index (χ1v) is 7.44. The average Bonchev–Trinajstić information content (AvgIpc) is 2.41. The minimum Gasteiger partial charge on any atom is -0.207 e. The van der Waals surface area contributed by atoms with Crippen LogP contribution in [0.1, 0.15) is 5.56 Å². The molecule has 1 N–H and O–H groups in total. The number of hydrogen-bond acceptors (Lipinski definition) is 2. The normalized spacial score (nSPS) is 11.6. The minimum atomic E-state index is -4.12. The molecule has 0 aromatic heterocycles. The first-order chi connectivity index (χ1) is 9.38. The molecule has 0 saturated heterocycles. The standard InChI is InChI=1S/C13H10ClF2NO2S/c14-10-3-1-9(2-4-10)8-17-20(18,19)13-7-11(15)5-6-12(13)16/h1-7,17H,8H2. The second kappa shape index (κ2) is 5.87. The van der Waals surface area contributed by atoms with Crippen LogP contribution >= 0.6 is 11.6 Å². The van der Waals surface area contributed by atoms with E-state index in [0.29, 0.717) is 16.7 Å². The monoisotopic (exact) mass is 317 g/mol. The Labute approximate surface area is 120 Å². The summed E-state index contributed by atoms with van der Waals surface area (Å²) in [5.41, 5.74) is 0.648. The van der Waals surface area contributed by atoms with E-state index in [1.807, 2.05) is 0 Å². The maximum absolute atomic E-state index is 13.4. The molecule has 2 aromatic carbocycles. The zero-order valence-corrected chi connectivity index (χ0v) is 11.7. The molecule has 0 unspecified atom stereocenters. The van der Waals surface area contributed by atoms with Crippen molar-refractivity contribution in [3.63, 3.8) is 0 Å². The molecule has 7 heteroatoms. The minimum absolute atomic E-state index is 0.0462. The van der Waals surface area contributed by atoms with Gasteiger partial charge in [0.1, 0.15) is 16.5 Å². The molecular weight excluding hydrogens is 308 g/mol. The van der Waals surface area contributed by atoms with Crippen LogP contribution < -0.4 is 4.72 Å². The fourth-order valence-corrected chi connectivity index (χ4v) is 2.77. The number of nitrogens with one attached hydrogen (secondary N) is 1. The van der Waals surface area contributed by atoms with E-state index in [4.69, 9.17) is 11.6 Å². The van der Waals surface area contributed by atoms with E-state index in [1.165, 1.54) is 0 Å². The summed E-state index contributed by atoms with van der Waals surface area (Å²) in [6.07, 6.45) is 0. The molecule has 0 radical (unpaired) electrons. The summed E-state index contributed by atoms with van der Waals surface area (Å²) in [5.74, 6) is -1.83. The van der Waals surface area contributed by atoms with Crippen molar-refractivity contribution in [3.8, 4) is 0 Å². The lowest BCUT2D eigenvalue weighted by atomic mass is 10.2. The van der Waals surface area contributed by atoms with Gasteiger partial charge in [0.2, 0.25) is 10.0 Å². The Hall–Kier alpha value is -1.50. The zero-order valence-electron chi connectivity index (χ0n) is 10.1. The molecule has 0 heterocycles. The van der Waals surface area contributed by atoms with Crippen molar-refractivity contribution < 1.29 is 17.2 Å². The molecule has 0 aliphatic carbocycles. The Morgan fingerprint density at radius 1 is 1.05 bits per heavy atom. The Morgan fingerprint density at radius 3 is 2.35 bits per heavy atom. The molecule has 2 rings (SSSR count). The molecule has 0 saturated carbocycles. The Balaban J connectivity index is 2.19. The SMILES string of the molecule is O=S(=O)(NCc1ccc(Cl)cc1)c1cc(F)ccc1F. The fraction of sp³-hybridized carbons (Fsp3) is 0.0769. The maximum Gasteiger partial charge on any atom is 0.243 e. The molecule has 0 amide bonds. The lowest BCUT2D eigenvalue weighted by molar-refractivity contribution is 0.545. The van der Waals surface area contributed by atoms with Gasteiger partial charge in [-0.15, -0.1) is 0 Å². The molecule has 20 heavy (non-hydrogen) atoms. The third-order valence-corrected chi connectivity index (χ3v) is 4.23. The van der Waals surface area contributed by atoms with E-state index in [0.717, 1.165) is 12.1 Å². The summed E-state index contributed by atoms with van der Waals surface area (Å²) in [6.45, 7) is -0.0462. The second-order valence-corrected chi connectivity index (χ2v) is 6.20. The molecule has 0 bridgehead atoms. The van der Waals surface area contributed by atoms with Gasteiger partial charge in [-0.05, 0) is 35.9 Å². The fourth-order valence-electron chi connectivity index (χ4n) is 1.54. The smallest absolute Gasteiger partial charge is 0.207 e. The topological polar surface area (TPSA) is 46.2 Å². The molecule has 0 aliphatic heterocycles. The van der Waals surface area contributed by atoms with Crippen LogP contribution in [0.2, 0.25) is 5.02 Å². The van der Waals surface area contributed by atoms with Gasteiger partial charge in [-0.25, -0.2) is 21.9 Å². The van der Waals surface area contributed by atoms with Crippen LogP contribution in [0.3, 0.4) is 0 Å². The van der Waals surface area contributed by atoms with Crippen molar-refractivity contribution in [2.75, 3.05) is 0 Å². The first-order valence-electron chi connectivity index (χ1n) is 5.58. The van der Waals surface area contributed by atoms with Crippen LogP contribution in [0.4, 0.5) is 8.78 Å². The molecular formula is C13H10ClF2NO2S. The molecule has 2 aromatic rings. The zero-order chi connectivity index (χ0) is 14.8. The Bertz CT molecular complexity index is 718. The number of rotatable bonds is 4. The lowest BCUT2D eigenvalue weighted by Crippen LogP contribution is -2.24.